The number of rotatable bonds is 8. The standard InChI is InChI=1S/C16H22N4O4S/c1-12-19-16(11-20(12)2)25(23,24)18-9-8-15(22)17-10-14(21)13-6-4-3-5-7-13/h3-7,11,14,18,21H,8-10H2,1-2H3,(H,17,22)/t14-/m0/s1. The molecule has 9 heteroatoms. The van der Waals surface area contributed by atoms with Crippen LogP contribution in [0.4, 0.5) is 0 Å². The third-order valence-electron chi connectivity index (χ3n) is 3.68. The van der Waals surface area contributed by atoms with Gasteiger partial charge in [0.1, 0.15) is 5.82 Å². The second-order valence-electron chi connectivity index (χ2n) is 5.62. The Bertz CT molecular complexity index is 798. The second kappa shape index (κ2) is 8.24. The molecule has 0 saturated carbocycles. The first-order valence-corrected chi connectivity index (χ1v) is 9.27. The molecule has 0 spiro atoms. The number of aromatic nitrogens is 2. The highest BCUT2D eigenvalue weighted by molar-refractivity contribution is 7.89. The molecule has 2 rings (SSSR count). The molecule has 2 aromatic rings. The summed E-state index contributed by atoms with van der Waals surface area (Å²) in [7, 11) is -2.04. The van der Waals surface area contributed by atoms with Crippen LogP contribution < -0.4 is 10.0 Å². The van der Waals surface area contributed by atoms with Crippen LogP contribution in [0, 0.1) is 6.92 Å². The summed E-state index contributed by atoms with van der Waals surface area (Å²) in [4.78, 5) is 15.7. The van der Waals surface area contributed by atoms with Gasteiger partial charge in [0.05, 0.1) is 6.10 Å². The van der Waals surface area contributed by atoms with E-state index in [0.717, 1.165) is 0 Å². The Morgan fingerprint density at radius 1 is 1.32 bits per heavy atom. The zero-order valence-electron chi connectivity index (χ0n) is 14.1. The zero-order valence-corrected chi connectivity index (χ0v) is 15.0. The third-order valence-corrected chi connectivity index (χ3v) is 5.01. The molecular weight excluding hydrogens is 344 g/mol. The van der Waals surface area contributed by atoms with E-state index in [0.29, 0.717) is 11.4 Å². The lowest BCUT2D eigenvalue weighted by Gasteiger charge is -2.12. The maximum atomic E-state index is 12.1. The quantitative estimate of drug-likeness (QED) is 0.620. The predicted molar refractivity (Wildman–Crippen MR) is 92.2 cm³/mol. The number of hydrogen-bond donors (Lipinski definition) is 3. The van der Waals surface area contributed by atoms with Crippen LogP contribution >= 0.6 is 0 Å². The third kappa shape index (κ3) is 5.38. The Hall–Kier alpha value is -2.23. The number of aryl methyl sites for hydroxylation is 2. The summed E-state index contributed by atoms with van der Waals surface area (Å²) in [5, 5.41) is 12.5. The van der Waals surface area contributed by atoms with E-state index in [-0.39, 0.29) is 30.4 Å². The van der Waals surface area contributed by atoms with Crippen molar-refractivity contribution in [2.24, 2.45) is 7.05 Å². The topological polar surface area (TPSA) is 113 Å². The van der Waals surface area contributed by atoms with Gasteiger partial charge in [0, 0.05) is 32.8 Å². The van der Waals surface area contributed by atoms with Crippen molar-refractivity contribution in [1.82, 2.24) is 19.6 Å². The van der Waals surface area contributed by atoms with Gasteiger partial charge in [0.2, 0.25) is 5.91 Å². The molecule has 136 valence electrons. The molecule has 8 nitrogen and oxygen atoms in total. The maximum absolute atomic E-state index is 12.1. The molecule has 1 aromatic carbocycles. The molecule has 0 fully saturated rings. The molecule has 0 aliphatic rings. The van der Waals surface area contributed by atoms with Crippen LogP contribution in [0.15, 0.2) is 41.6 Å². The molecule has 0 aliphatic heterocycles. The average molecular weight is 366 g/mol. The number of hydrogen-bond acceptors (Lipinski definition) is 5. The van der Waals surface area contributed by atoms with Gasteiger partial charge < -0.3 is 15.0 Å². The normalized spacial score (nSPS) is 12.8. The molecule has 1 heterocycles. The predicted octanol–water partition coefficient (Wildman–Crippen LogP) is 0.247. The van der Waals surface area contributed by atoms with E-state index < -0.39 is 16.1 Å². The molecule has 0 bridgehead atoms. The number of nitrogens with zero attached hydrogens (tertiary/aromatic N) is 2. The van der Waals surface area contributed by atoms with Gasteiger partial charge >= 0.3 is 0 Å². The molecule has 1 aromatic heterocycles. The van der Waals surface area contributed by atoms with Crippen LogP contribution in [-0.4, -0.2) is 42.1 Å². The molecule has 0 saturated heterocycles. The molecule has 3 N–H and O–H groups in total. The number of amides is 1. The number of aliphatic hydroxyl groups excluding tert-OH is 1. The molecular formula is C16H22N4O4S. The van der Waals surface area contributed by atoms with E-state index in [2.05, 4.69) is 15.0 Å². The van der Waals surface area contributed by atoms with Gasteiger partial charge in [-0.15, -0.1) is 0 Å². The minimum absolute atomic E-state index is 0.0352. The highest BCUT2D eigenvalue weighted by atomic mass is 32.2. The van der Waals surface area contributed by atoms with E-state index in [1.807, 2.05) is 6.07 Å². The smallest absolute Gasteiger partial charge is 0.259 e. The number of aliphatic hydroxyl groups is 1. The van der Waals surface area contributed by atoms with Crippen molar-refractivity contribution in [2.75, 3.05) is 13.1 Å². The van der Waals surface area contributed by atoms with Gasteiger partial charge in [-0.2, -0.15) is 0 Å². The molecule has 0 aliphatic carbocycles. The van der Waals surface area contributed by atoms with Crippen LogP contribution in [0.3, 0.4) is 0 Å². The maximum Gasteiger partial charge on any atom is 0.259 e. The first-order valence-electron chi connectivity index (χ1n) is 7.79. The summed E-state index contributed by atoms with van der Waals surface area (Å²) in [6.07, 6.45) is 0.568. The zero-order chi connectivity index (χ0) is 18.4. The number of carbonyl (C=O) groups excluding carboxylic acids is 1. The lowest BCUT2D eigenvalue weighted by Crippen LogP contribution is -2.33. The van der Waals surface area contributed by atoms with Gasteiger partial charge in [0.15, 0.2) is 5.03 Å². The highest BCUT2D eigenvalue weighted by Gasteiger charge is 2.18. The summed E-state index contributed by atoms with van der Waals surface area (Å²) < 4.78 is 28.1. The first-order chi connectivity index (χ1) is 11.8. The SMILES string of the molecule is Cc1nc(S(=O)(=O)NCCC(=O)NC[C@H](O)c2ccccc2)cn1C. The number of carbonyl (C=O) groups is 1. The minimum Gasteiger partial charge on any atom is -0.387 e. The van der Waals surface area contributed by atoms with Crippen LogP contribution in [0.5, 0.6) is 0 Å². The van der Waals surface area contributed by atoms with Crippen LogP contribution in [0.2, 0.25) is 0 Å². The lowest BCUT2D eigenvalue weighted by molar-refractivity contribution is -0.121. The number of benzene rings is 1. The second-order valence-corrected chi connectivity index (χ2v) is 7.33. The monoisotopic (exact) mass is 366 g/mol. The van der Waals surface area contributed by atoms with Crippen LogP contribution in [0.1, 0.15) is 23.9 Å². The van der Waals surface area contributed by atoms with Gasteiger partial charge in [-0.1, -0.05) is 30.3 Å². The lowest BCUT2D eigenvalue weighted by atomic mass is 10.1. The summed E-state index contributed by atoms with van der Waals surface area (Å²) in [6, 6.07) is 8.96. The molecule has 1 atom stereocenters. The van der Waals surface area contributed by atoms with Crippen molar-refractivity contribution in [3.8, 4) is 0 Å². The van der Waals surface area contributed by atoms with Crippen molar-refractivity contribution in [3.63, 3.8) is 0 Å². The Morgan fingerprint density at radius 3 is 2.60 bits per heavy atom. The number of imidazole rings is 1. The van der Waals surface area contributed by atoms with Gasteiger partial charge in [-0.25, -0.2) is 18.1 Å². The Labute approximate surface area is 146 Å². The summed E-state index contributed by atoms with van der Waals surface area (Å²) in [6.45, 7) is 1.71. The fraction of sp³-hybridized carbons (Fsp3) is 0.375. The molecule has 25 heavy (non-hydrogen) atoms. The van der Waals surface area contributed by atoms with Gasteiger partial charge in [-0.05, 0) is 12.5 Å². The van der Waals surface area contributed by atoms with Crippen molar-refractivity contribution in [1.29, 1.82) is 0 Å². The number of sulfonamides is 1. The summed E-state index contributed by atoms with van der Waals surface area (Å²) in [5.41, 5.74) is 0.703. The Kier molecular flexibility index (Phi) is 6.29. The van der Waals surface area contributed by atoms with E-state index in [4.69, 9.17) is 0 Å². The van der Waals surface area contributed by atoms with Gasteiger partial charge in [-0.3, -0.25) is 4.79 Å². The molecule has 0 radical (unpaired) electrons. The Morgan fingerprint density at radius 2 is 2.00 bits per heavy atom. The van der Waals surface area contributed by atoms with Crippen molar-refractivity contribution >= 4 is 15.9 Å². The van der Waals surface area contributed by atoms with Crippen molar-refractivity contribution < 1.29 is 18.3 Å². The first kappa shape index (κ1) is 19.1. The van der Waals surface area contributed by atoms with E-state index in [1.165, 1.54) is 6.20 Å². The van der Waals surface area contributed by atoms with Gasteiger partial charge in [0.25, 0.3) is 10.0 Å². The summed E-state index contributed by atoms with van der Waals surface area (Å²) in [5.74, 6) is 0.225. The van der Waals surface area contributed by atoms with Crippen LogP contribution in [-0.2, 0) is 21.9 Å². The fourth-order valence-corrected chi connectivity index (χ4v) is 3.19. The van der Waals surface area contributed by atoms with E-state index >= 15 is 0 Å². The molecule has 0 unspecified atom stereocenters. The molecule has 1 amide bonds. The number of nitrogens with one attached hydrogen (secondary N) is 2. The fourth-order valence-electron chi connectivity index (χ4n) is 2.12. The Balaban J connectivity index is 1.76. The van der Waals surface area contributed by atoms with Crippen molar-refractivity contribution in [3.05, 3.63) is 47.9 Å². The van der Waals surface area contributed by atoms with E-state index in [1.54, 1.807) is 42.8 Å². The average Bonchev–Trinajstić information content (AvgIpc) is 2.93. The van der Waals surface area contributed by atoms with Crippen LogP contribution in [0.25, 0.3) is 0 Å². The minimum atomic E-state index is -3.74. The van der Waals surface area contributed by atoms with Crippen molar-refractivity contribution in [2.45, 2.75) is 24.5 Å². The highest BCUT2D eigenvalue weighted by Crippen LogP contribution is 2.10. The summed E-state index contributed by atoms with van der Waals surface area (Å²) >= 11 is 0. The van der Waals surface area contributed by atoms with E-state index in [9.17, 15) is 18.3 Å². The largest absolute Gasteiger partial charge is 0.387 e.